The second kappa shape index (κ2) is 5.02. The molecule has 112 valence electrons. The van der Waals surface area contributed by atoms with Gasteiger partial charge in [-0.3, -0.25) is 4.79 Å². The number of amides is 1. The third-order valence-electron chi connectivity index (χ3n) is 4.46. The zero-order chi connectivity index (χ0) is 15.2. The second-order valence-corrected chi connectivity index (χ2v) is 6.42. The van der Waals surface area contributed by atoms with E-state index in [0.717, 1.165) is 17.6 Å². The molecule has 0 saturated heterocycles. The zero-order valence-electron chi connectivity index (χ0n) is 12.2. The molecule has 3 aliphatic rings. The van der Waals surface area contributed by atoms with E-state index in [1.165, 1.54) is 11.6 Å². The summed E-state index contributed by atoms with van der Waals surface area (Å²) in [5, 5.41) is 3.60. The van der Waals surface area contributed by atoms with Crippen molar-refractivity contribution < 1.29 is 9.18 Å². The molecule has 2 aliphatic heterocycles. The van der Waals surface area contributed by atoms with Gasteiger partial charge in [0.1, 0.15) is 5.83 Å². The molecule has 0 saturated carbocycles. The number of hydrogen-bond acceptors (Lipinski definition) is 2. The highest BCUT2D eigenvalue weighted by Crippen LogP contribution is 2.44. The number of nitrogens with one attached hydrogen (secondary N) is 1. The average molecular weight is 309 g/mol. The highest BCUT2D eigenvalue weighted by molar-refractivity contribution is 6.30. The molecule has 1 unspecified atom stereocenters. The highest BCUT2D eigenvalue weighted by atomic mass is 35.5. The first-order valence-electron chi connectivity index (χ1n) is 7.10. The SMILES string of the molecule is CC(=O)N1CC=C(C2=CNC3(C)CC(Cl)=C(F)C=C23)CC1. The molecule has 2 heterocycles. The van der Waals surface area contributed by atoms with Crippen LogP contribution in [0.4, 0.5) is 4.39 Å². The van der Waals surface area contributed by atoms with Gasteiger partial charge in [0.2, 0.25) is 5.91 Å². The van der Waals surface area contributed by atoms with E-state index in [4.69, 9.17) is 11.6 Å². The van der Waals surface area contributed by atoms with Crippen molar-refractivity contribution in [1.29, 1.82) is 0 Å². The molecular weight excluding hydrogens is 291 g/mol. The summed E-state index contributed by atoms with van der Waals surface area (Å²) in [6.07, 6.45) is 6.79. The number of nitrogens with zero attached hydrogens (tertiary/aromatic N) is 1. The van der Waals surface area contributed by atoms with E-state index < -0.39 is 0 Å². The molecule has 1 atom stereocenters. The van der Waals surface area contributed by atoms with Crippen LogP contribution in [0.15, 0.2) is 45.9 Å². The van der Waals surface area contributed by atoms with E-state index in [2.05, 4.69) is 11.4 Å². The van der Waals surface area contributed by atoms with Crippen LogP contribution in [0, 0.1) is 0 Å². The van der Waals surface area contributed by atoms with Crippen LogP contribution in [0.2, 0.25) is 0 Å². The lowest BCUT2D eigenvalue weighted by Gasteiger charge is -2.32. The lowest BCUT2D eigenvalue weighted by atomic mass is 9.80. The van der Waals surface area contributed by atoms with Crippen LogP contribution in [-0.4, -0.2) is 29.4 Å². The zero-order valence-corrected chi connectivity index (χ0v) is 12.9. The summed E-state index contributed by atoms with van der Waals surface area (Å²) in [7, 11) is 0. The minimum Gasteiger partial charge on any atom is -0.381 e. The Morgan fingerprint density at radius 2 is 2.29 bits per heavy atom. The van der Waals surface area contributed by atoms with Gasteiger partial charge in [-0.2, -0.15) is 0 Å². The van der Waals surface area contributed by atoms with Crippen LogP contribution >= 0.6 is 11.6 Å². The molecule has 0 aromatic carbocycles. The van der Waals surface area contributed by atoms with E-state index in [-0.39, 0.29) is 22.3 Å². The number of allylic oxidation sites excluding steroid dienone is 2. The van der Waals surface area contributed by atoms with E-state index in [1.807, 2.05) is 13.1 Å². The maximum absolute atomic E-state index is 13.8. The Hall–Kier alpha value is -1.55. The largest absolute Gasteiger partial charge is 0.381 e. The summed E-state index contributed by atoms with van der Waals surface area (Å²) in [5.74, 6) is -0.258. The normalized spacial score (nSPS) is 28.6. The van der Waals surface area contributed by atoms with Crippen molar-refractivity contribution in [3.05, 3.63) is 45.9 Å². The summed E-state index contributed by atoms with van der Waals surface area (Å²) in [6.45, 7) is 4.94. The van der Waals surface area contributed by atoms with E-state index in [9.17, 15) is 9.18 Å². The van der Waals surface area contributed by atoms with Gasteiger partial charge in [0, 0.05) is 32.6 Å². The van der Waals surface area contributed by atoms with Crippen molar-refractivity contribution in [3.8, 4) is 0 Å². The fourth-order valence-corrected chi connectivity index (χ4v) is 3.45. The first-order chi connectivity index (χ1) is 9.90. The van der Waals surface area contributed by atoms with Crippen molar-refractivity contribution in [2.24, 2.45) is 0 Å². The van der Waals surface area contributed by atoms with Crippen LogP contribution in [-0.2, 0) is 4.79 Å². The fourth-order valence-electron chi connectivity index (χ4n) is 3.13. The van der Waals surface area contributed by atoms with Crippen molar-refractivity contribution in [2.75, 3.05) is 13.1 Å². The van der Waals surface area contributed by atoms with Gasteiger partial charge in [0.05, 0.1) is 10.6 Å². The topological polar surface area (TPSA) is 32.3 Å². The minimum atomic E-state index is -0.347. The van der Waals surface area contributed by atoms with Gasteiger partial charge in [0.25, 0.3) is 0 Å². The number of halogens is 2. The Morgan fingerprint density at radius 1 is 1.52 bits per heavy atom. The molecule has 0 aromatic heterocycles. The number of fused-ring (bicyclic) bond motifs is 1. The van der Waals surface area contributed by atoms with Gasteiger partial charge in [0.15, 0.2) is 0 Å². The summed E-state index contributed by atoms with van der Waals surface area (Å²) in [5.41, 5.74) is 2.83. The summed E-state index contributed by atoms with van der Waals surface area (Å²) in [6, 6.07) is 0. The Kier molecular flexibility index (Phi) is 3.44. The first kappa shape index (κ1) is 14.4. The Bertz CT molecular complexity index is 632. The Balaban J connectivity index is 1.88. The summed E-state index contributed by atoms with van der Waals surface area (Å²) < 4.78 is 13.8. The third kappa shape index (κ3) is 2.42. The molecule has 0 radical (unpaired) electrons. The first-order valence-corrected chi connectivity index (χ1v) is 7.48. The molecule has 1 N–H and O–H groups in total. The van der Waals surface area contributed by atoms with Crippen LogP contribution in [0.5, 0.6) is 0 Å². The van der Waals surface area contributed by atoms with Crippen molar-refractivity contribution in [3.63, 3.8) is 0 Å². The van der Waals surface area contributed by atoms with Crippen LogP contribution in [0.1, 0.15) is 26.7 Å². The van der Waals surface area contributed by atoms with E-state index in [1.54, 1.807) is 11.8 Å². The Morgan fingerprint density at radius 3 is 2.90 bits per heavy atom. The van der Waals surface area contributed by atoms with Crippen LogP contribution < -0.4 is 5.32 Å². The molecule has 1 aliphatic carbocycles. The lowest BCUT2D eigenvalue weighted by molar-refractivity contribution is -0.128. The third-order valence-corrected chi connectivity index (χ3v) is 4.77. The van der Waals surface area contributed by atoms with Gasteiger partial charge in [-0.15, -0.1) is 0 Å². The Labute approximate surface area is 128 Å². The number of carbonyl (C=O) groups is 1. The maximum Gasteiger partial charge on any atom is 0.219 e. The average Bonchev–Trinajstić information content (AvgIpc) is 2.76. The van der Waals surface area contributed by atoms with E-state index >= 15 is 0 Å². The standard InChI is InChI=1S/C16H18ClFN2O/c1-10(21)20-5-3-11(4-6-20)12-9-19-16(2)8-14(17)15(18)7-13(12)16/h3,7,9,19H,4-6,8H2,1-2H3. The molecule has 1 amide bonds. The molecule has 0 spiro atoms. The van der Waals surface area contributed by atoms with Crippen LogP contribution in [0.3, 0.4) is 0 Å². The fraction of sp³-hybridized carbons (Fsp3) is 0.438. The number of hydrogen-bond donors (Lipinski definition) is 1. The molecule has 21 heavy (non-hydrogen) atoms. The van der Waals surface area contributed by atoms with Crippen LogP contribution in [0.25, 0.3) is 0 Å². The van der Waals surface area contributed by atoms with E-state index in [0.29, 0.717) is 19.5 Å². The highest BCUT2D eigenvalue weighted by Gasteiger charge is 2.40. The van der Waals surface area contributed by atoms with Gasteiger partial charge >= 0.3 is 0 Å². The monoisotopic (exact) mass is 308 g/mol. The van der Waals surface area contributed by atoms with Crippen molar-refractivity contribution in [1.82, 2.24) is 10.2 Å². The molecule has 0 aromatic rings. The van der Waals surface area contributed by atoms with Crippen molar-refractivity contribution in [2.45, 2.75) is 32.2 Å². The molecule has 5 heteroatoms. The van der Waals surface area contributed by atoms with Gasteiger partial charge in [-0.1, -0.05) is 17.7 Å². The molecule has 0 bridgehead atoms. The molecule has 3 nitrogen and oxygen atoms in total. The van der Waals surface area contributed by atoms with Gasteiger partial charge in [-0.05, 0) is 36.1 Å². The minimum absolute atomic E-state index is 0.0892. The molecule has 0 fully saturated rings. The number of carbonyl (C=O) groups excluding carboxylic acids is 1. The predicted octanol–water partition coefficient (Wildman–Crippen LogP) is 3.16. The number of rotatable bonds is 1. The lowest BCUT2D eigenvalue weighted by Crippen LogP contribution is -2.38. The quantitative estimate of drug-likeness (QED) is 0.807. The summed E-state index contributed by atoms with van der Waals surface area (Å²) >= 11 is 5.95. The molecular formula is C16H18ClFN2O. The molecule has 3 rings (SSSR count). The predicted molar refractivity (Wildman–Crippen MR) is 81.3 cm³/mol. The smallest absolute Gasteiger partial charge is 0.219 e. The van der Waals surface area contributed by atoms with Gasteiger partial charge < -0.3 is 10.2 Å². The maximum atomic E-state index is 13.8. The summed E-state index contributed by atoms with van der Waals surface area (Å²) in [4.78, 5) is 13.2. The second-order valence-electron chi connectivity index (χ2n) is 5.97. The van der Waals surface area contributed by atoms with Gasteiger partial charge in [-0.25, -0.2) is 4.39 Å². The van der Waals surface area contributed by atoms with Crippen molar-refractivity contribution >= 4 is 17.5 Å².